The van der Waals surface area contributed by atoms with Crippen LogP contribution >= 0.6 is 11.8 Å². The van der Waals surface area contributed by atoms with Crippen molar-refractivity contribution >= 4 is 21.8 Å². The van der Waals surface area contributed by atoms with Crippen LogP contribution in [0.5, 0.6) is 0 Å². The van der Waals surface area contributed by atoms with Crippen LogP contribution in [-0.4, -0.2) is 55.8 Å². The first kappa shape index (κ1) is 19.3. The van der Waals surface area contributed by atoms with Crippen molar-refractivity contribution in [3.63, 3.8) is 0 Å². The summed E-state index contributed by atoms with van der Waals surface area (Å²) in [5.41, 5.74) is 0.993. The standard InChI is InChI=1S/C18H22FN3O2S2/c1-14(15-3-5-16(19)6-4-15)25-18-8-7-17(13-20-18)26(23,24)22-11-9-21(2)10-12-22/h3-8,13-14H,9-12H2,1-2H3/t14-/m0/s1. The van der Waals surface area contributed by atoms with E-state index in [-0.39, 0.29) is 16.0 Å². The van der Waals surface area contributed by atoms with Gasteiger partial charge in [-0.1, -0.05) is 23.9 Å². The molecular weight excluding hydrogens is 373 g/mol. The largest absolute Gasteiger partial charge is 0.304 e. The van der Waals surface area contributed by atoms with E-state index in [9.17, 15) is 12.8 Å². The lowest BCUT2D eigenvalue weighted by Gasteiger charge is -2.31. The van der Waals surface area contributed by atoms with E-state index in [2.05, 4.69) is 9.88 Å². The number of hydrogen-bond donors (Lipinski definition) is 0. The van der Waals surface area contributed by atoms with Gasteiger partial charge in [-0.25, -0.2) is 17.8 Å². The van der Waals surface area contributed by atoms with Gasteiger partial charge in [0.25, 0.3) is 0 Å². The second kappa shape index (κ2) is 8.04. The molecule has 0 N–H and O–H groups in total. The molecule has 2 heterocycles. The summed E-state index contributed by atoms with van der Waals surface area (Å²) in [4.78, 5) is 6.65. The van der Waals surface area contributed by atoms with Gasteiger partial charge in [0.15, 0.2) is 0 Å². The van der Waals surface area contributed by atoms with Gasteiger partial charge in [-0.05, 0) is 43.8 Å². The Morgan fingerprint density at radius 3 is 2.31 bits per heavy atom. The zero-order valence-corrected chi connectivity index (χ0v) is 16.4. The summed E-state index contributed by atoms with van der Waals surface area (Å²) in [5, 5.41) is 0.822. The molecule has 1 fully saturated rings. The molecule has 26 heavy (non-hydrogen) atoms. The summed E-state index contributed by atoms with van der Waals surface area (Å²) < 4.78 is 39.9. The fourth-order valence-corrected chi connectivity index (χ4v) is 5.03. The monoisotopic (exact) mass is 395 g/mol. The smallest absolute Gasteiger partial charge is 0.244 e. The topological polar surface area (TPSA) is 53.5 Å². The Kier molecular flexibility index (Phi) is 5.96. The van der Waals surface area contributed by atoms with Crippen molar-refractivity contribution in [3.05, 3.63) is 54.0 Å². The predicted molar refractivity (Wildman–Crippen MR) is 101 cm³/mol. The summed E-state index contributed by atoms with van der Waals surface area (Å²) in [6.07, 6.45) is 1.42. The molecule has 0 amide bonds. The molecule has 0 bridgehead atoms. The first-order valence-electron chi connectivity index (χ1n) is 8.43. The van der Waals surface area contributed by atoms with E-state index in [0.717, 1.165) is 23.7 Å². The van der Waals surface area contributed by atoms with E-state index in [1.807, 2.05) is 14.0 Å². The third-order valence-corrected chi connectivity index (χ3v) is 7.44. The molecule has 0 saturated carbocycles. The number of halogens is 1. The van der Waals surface area contributed by atoms with Gasteiger partial charge < -0.3 is 4.90 Å². The van der Waals surface area contributed by atoms with Crippen molar-refractivity contribution in [2.75, 3.05) is 33.2 Å². The lowest BCUT2D eigenvalue weighted by atomic mass is 10.2. The number of benzene rings is 1. The van der Waals surface area contributed by atoms with E-state index in [4.69, 9.17) is 0 Å². The number of sulfonamides is 1. The summed E-state index contributed by atoms with van der Waals surface area (Å²) in [6, 6.07) is 9.71. The fraction of sp³-hybridized carbons (Fsp3) is 0.389. The van der Waals surface area contributed by atoms with E-state index < -0.39 is 10.0 Å². The Morgan fingerprint density at radius 2 is 1.73 bits per heavy atom. The van der Waals surface area contributed by atoms with Crippen LogP contribution in [0.25, 0.3) is 0 Å². The van der Waals surface area contributed by atoms with Crippen molar-refractivity contribution in [1.82, 2.24) is 14.2 Å². The molecule has 1 aromatic carbocycles. The molecular formula is C18H22FN3O2S2. The first-order chi connectivity index (χ1) is 12.4. The first-order valence-corrected chi connectivity index (χ1v) is 10.7. The average molecular weight is 396 g/mol. The highest BCUT2D eigenvalue weighted by Crippen LogP contribution is 2.34. The number of hydrogen-bond acceptors (Lipinski definition) is 5. The quantitative estimate of drug-likeness (QED) is 0.729. The van der Waals surface area contributed by atoms with Gasteiger partial charge in [0.2, 0.25) is 10.0 Å². The van der Waals surface area contributed by atoms with Gasteiger partial charge in [-0.2, -0.15) is 4.31 Å². The number of rotatable bonds is 5. The van der Waals surface area contributed by atoms with Gasteiger partial charge in [-0.3, -0.25) is 0 Å². The van der Waals surface area contributed by atoms with Crippen molar-refractivity contribution in [3.8, 4) is 0 Å². The maximum Gasteiger partial charge on any atom is 0.244 e. The molecule has 5 nitrogen and oxygen atoms in total. The molecule has 140 valence electrons. The molecule has 1 aliphatic heterocycles. The Balaban J connectivity index is 1.69. The Hall–Kier alpha value is -1.48. The zero-order valence-electron chi connectivity index (χ0n) is 14.8. The van der Waals surface area contributed by atoms with Gasteiger partial charge in [0, 0.05) is 37.6 Å². The minimum Gasteiger partial charge on any atom is -0.304 e. The Morgan fingerprint density at radius 1 is 1.08 bits per heavy atom. The minimum absolute atomic E-state index is 0.0863. The number of pyridine rings is 1. The highest BCUT2D eigenvalue weighted by molar-refractivity contribution is 7.99. The summed E-state index contributed by atoms with van der Waals surface area (Å²) in [7, 11) is -1.51. The molecule has 8 heteroatoms. The van der Waals surface area contributed by atoms with E-state index in [0.29, 0.717) is 13.1 Å². The Labute approximate surface area is 158 Å². The SMILES string of the molecule is C[C@H](Sc1ccc(S(=O)(=O)N2CCN(C)CC2)cn1)c1ccc(F)cc1. The van der Waals surface area contributed by atoms with Gasteiger partial charge >= 0.3 is 0 Å². The van der Waals surface area contributed by atoms with Crippen molar-refractivity contribution in [2.45, 2.75) is 22.1 Å². The molecule has 1 saturated heterocycles. The average Bonchev–Trinajstić information content (AvgIpc) is 2.63. The van der Waals surface area contributed by atoms with Crippen LogP contribution < -0.4 is 0 Å². The molecule has 0 unspecified atom stereocenters. The second-order valence-corrected chi connectivity index (χ2v) is 9.65. The van der Waals surface area contributed by atoms with E-state index in [1.54, 1.807) is 24.3 Å². The molecule has 1 aromatic heterocycles. The minimum atomic E-state index is -3.49. The fourth-order valence-electron chi connectivity index (χ4n) is 2.75. The van der Waals surface area contributed by atoms with Crippen LogP contribution in [0, 0.1) is 5.82 Å². The van der Waals surface area contributed by atoms with Crippen molar-refractivity contribution in [1.29, 1.82) is 0 Å². The summed E-state index contributed by atoms with van der Waals surface area (Å²) in [5.74, 6) is -0.262. The zero-order chi connectivity index (χ0) is 18.7. The summed E-state index contributed by atoms with van der Waals surface area (Å²) in [6.45, 7) is 4.47. The third-order valence-electron chi connectivity index (χ3n) is 4.45. The molecule has 0 spiro atoms. The van der Waals surface area contributed by atoms with E-state index >= 15 is 0 Å². The van der Waals surface area contributed by atoms with Gasteiger partial charge in [0.05, 0.1) is 5.03 Å². The third kappa shape index (κ3) is 4.43. The second-order valence-electron chi connectivity index (χ2n) is 6.35. The lowest BCUT2D eigenvalue weighted by molar-refractivity contribution is 0.222. The van der Waals surface area contributed by atoms with Gasteiger partial charge in [0.1, 0.15) is 10.7 Å². The van der Waals surface area contributed by atoms with Crippen LogP contribution in [0.2, 0.25) is 0 Å². The number of piperazine rings is 1. The predicted octanol–water partition coefficient (Wildman–Crippen LogP) is 3.01. The van der Waals surface area contributed by atoms with Crippen LogP contribution in [-0.2, 0) is 10.0 Å². The van der Waals surface area contributed by atoms with Crippen LogP contribution in [0.4, 0.5) is 4.39 Å². The normalized spacial score (nSPS) is 18.0. The van der Waals surface area contributed by atoms with Crippen LogP contribution in [0.15, 0.2) is 52.5 Å². The Bertz CT molecular complexity index is 834. The van der Waals surface area contributed by atoms with Crippen molar-refractivity contribution < 1.29 is 12.8 Å². The molecule has 3 rings (SSSR count). The molecule has 0 aliphatic carbocycles. The maximum atomic E-state index is 13.0. The maximum absolute atomic E-state index is 13.0. The van der Waals surface area contributed by atoms with Crippen LogP contribution in [0.1, 0.15) is 17.7 Å². The van der Waals surface area contributed by atoms with Gasteiger partial charge in [-0.15, -0.1) is 0 Å². The number of likely N-dealkylation sites (N-methyl/N-ethyl adjacent to an activating group) is 1. The molecule has 1 aliphatic rings. The highest BCUT2D eigenvalue weighted by atomic mass is 32.2. The number of thioether (sulfide) groups is 1. The highest BCUT2D eigenvalue weighted by Gasteiger charge is 2.27. The van der Waals surface area contributed by atoms with E-state index in [1.165, 1.54) is 34.4 Å². The summed E-state index contributed by atoms with van der Waals surface area (Å²) >= 11 is 1.51. The molecule has 2 aromatic rings. The molecule has 1 atom stereocenters. The molecule has 0 radical (unpaired) electrons. The van der Waals surface area contributed by atoms with Crippen molar-refractivity contribution in [2.24, 2.45) is 0 Å². The van der Waals surface area contributed by atoms with Crippen LogP contribution in [0.3, 0.4) is 0 Å². The number of nitrogens with zero attached hydrogens (tertiary/aromatic N) is 3. The number of aromatic nitrogens is 1. The lowest BCUT2D eigenvalue weighted by Crippen LogP contribution is -2.47.